The van der Waals surface area contributed by atoms with Gasteiger partial charge in [-0.1, -0.05) is 60.7 Å². The van der Waals surface area contributed by atoms with Crippen LogP contribution in [0.1, 0.15) is 40.2 Å². The minimum atomic E-state index is -4.64. The zero-order valence-electron chi connectivity index (χ0n) is 20.2. The van der Waals surface area contributed by atoms with Crippen LogP contribution in [0.4, 0.5) is 18.0 Å². The summed E-state index contributed by atoms with van der Waals surface area (Å²) in [5.74, 6) is -0.0715. The summed E-state index contributed by atoms with van der Waals surface area (Å²) >= 11 is 0. The number of fused-ring (bicyclic) bond motifs is 5. The molecule has 3 aliphatic rings. The molecule has 2 bridgehead atoms. The average Bonchev–Trinajstić information content (AvgIpc) is 3.23. The fraction of sp³-hybridized carbons (Fsp3) is 0.267. The summed E-state index contributed by atoms with van der Waals surface area (Å²) in [4.78, 5) is 15.0. The molecule has 2 unspecified atom stereocenters. The molecule has 0 N–H and O–H groups in total. The number of carbonyl (C=O) groups excluding carboxylic acids is 1. The summed E-state index contributed by atoms with van der Waals surface area (Å²) in [7, 11) is 0. The number of carbonyl (C=O) groups is 1. The number of halogens is 3. The van der Waals surface area contributed by atoms with Crippen LogP contribution in [0.3, 0.4) is 0 Å². The Bertz CT molecular complexity index is 1450. The number of nitriles is 1. The van der Waals surface area contributed by atoms with Crippen LogP contribution in [0, 0.1) is 11.3 Å². The topological polar surface area (TPSA) is 62.6 Å². The first-order valence-corrected chi connectivity index (χ1v) is 12.4. The number of nitrogens with zero attached hydrogens (tertiary/aromatic N) is 2. The van der Waals surface area contributed by atoms with Gasteiger partial charge in [0.15, 0.2) is 0 Å². The van der Waals surface area contributed by atoms with E-state index in [1.807, 2.05) is 24.3 Å². The Morgan fingerprint density at radius 1 is 1.03 bits per heavy atom. The van der Waals surface area contributed by atoms with Crippen molar-refractivity contribution in [1.29, 1.82) is 5.26 Å². The fourth-order valence-electron chi connectivity index (χ4n) is 5.84. The zero-order valence-corrected chi connectivity index (χ0v) is 20.2. The smallest absolute Gasteiger partial charge is 0.417 e. The first-order chi connectivity index (χ1) is 18.3. The molecule has 1 amide bonds. The monoisotopic (exact) mass is 516 g/mol. The van der Waals surface area contributed by atoms with E-state index < -0.39 is 29.4 Å². The summed E-state index contributed by atoms with van der Waals surface area (Å²) in [6.45, 7) is 0.678. The maximum atomic E-state index is 13.5. The van der Waals surface area contributed by atoms with Gasteiger partial charge in [0.25, 0.3) is 0 Å². The Balaban J connectivity index is 1.23. The van der Waals surface area contributed by atoms with Crippen molar-refractivity contribution in [1.82, 2.24) is 4.90 Å². The predicted molar refractivity (Wildman–Crippen MR) is 134 cm³/mol. The van der Waals surface area contributed by atoms with Gasteiger partial charge in [0.2, 0.25) is 0 Å². The van der Waals surface area contributed by atoms with Crippen molar-refractivity contribution in [3.8, 4) is 17.2 Å². The maximum absolute atomic E-state index is 13.5. The molecule has 6 rings (SSSR count). The Morgan fingerprint density at radius 3 is 2.34 bits per heavy atom. The van der Waals surface area contributed by atoms with E-state index in [2.05, 4.69) is 24.3 Å². The van der Waals surface area contributed by atoms with Crippen LogP contribution in [0.25, 0.3) is 16.7 Å². The number of morpholine rings is 1. The molecular formula is C30H23F3N2O3. The molecule has 2 aliphatic heterocycles. The van der Waals surface area contributed by atoms with Gasteiger partial charge in [-0.3, -0.25) is 4.90 Å². The van der Waals surface area contributed by atoms with Crippen molar-refractivity contribution in [3.63, 3.8) is 0 Å². The van der Waals surface area contributed by atoms with Crippen LogP contribution in [-0.2, 0) is 15.7 Å². The third-order valence-corrected chi connectivity index (χ3v) is 7.56. The van der Waals surface area contributed by atoms with Crippen molar-refractivity contribution in [2.45, 2.75) is 30.6 Å². The summed E-state index contributed by atoms with van der Waals surface area (Å²) in [5, 5.41) is 9.11. The van der Waals surface area contributed by atoms with Crippen molar-refractivity contribution >= 4 is 11.7 Å². The third kappa shape index (κ3) is 4.13. The molecule has 0 radical (unpaired) electrons. The van der Waals surface area contributed by atoms with E-state index in [0.29, 0.717) is 17.6 Å². The first kappa shape index (κ1) is 24.3. The van der Waals surface area contributed by atoms with Crippen molar-refractivity contribution in [2.75, 3.05) is 19.8 Å². The molecule has 8 heteroatoms. The van der Waals surface area contributed by atoms with Crippen molar-refractivity contribution in [2.24, 2.45) is 0 Å². The number of benzene rings is 3. The molecule has 3 aromatic rings. The van der Waals surface area contributed by atoms with Gasteiger partial charge in [-0.15, -0.1) is 0 Å². The number of ether oxygens (including phenoxy) is 2. The van der Waals surface area contributed by atoms with Crippen molar-refractivity contribution < 1.29 is 27.4 Å². The molecule has 0 aromatic heterocycles. The number of rotatable bonds is 3. The van der Waals surface area contributed by atoms with E-state index in [1.165, 1.54) is 12.1 Å². The lowest BCUT2D eigenvalue weighted by Crippen LogP contribution is -2.56. The number of hydrogen-bond donors (Lipinski definition) is 0. The van der Waals surface area contributed by atoms with Crippen LogP contribution in [0.15, 0.2) is 72.8 Å². The third-order valence-electron chi connectivity index (χ3n) is 7.56. The van der Waals surface area contributed by atoms with Gasteiger partial charge < -0.3 is 9.47 Å². The molecular weight excluding hydrogens is 493 g/mol. The summed E-state index contributed by atoms with van der Waals surface area (Å²) in [6.07, 6.45) is -3.00. The second-order valence-electron chi connectivity index (χ2n) is 9.74. The SMILES string of the molecule is N#Cc1ccc(C2=CC3COCC(C2)N3C(=O)OCC2c3ccccc3-c3ccccc32)cc1C(F)(F)F. The van der Waals surface area contributed by atoms with Crippen LogP contribution in [0.2, 0.25) is 0 Å². The summed E-state index contributed by atoms with van der Waals surface area (Å²) in [6, 6.07) is 20.7. The highest BCUT2D eigenvalue weighted by Crippen LogP contribution is 2.45. The minimum absolute atomic E-state index is 0.0715. The highest BCUT2D eigenvalue weighted by atomic mass is 19.4. The van der Waals surface area contributed by atoms with Gasteiger partial charge in [0.1, 0.15) is 6.61 Å². The zero-order chi connectivity index (χ0) is 26.4. The van der Waals surface area contributed by atoms with E-state index in [9.17, 15) is 18.0 Å². The molecule has 2 atom stereocenters. The summed E-state index contributed by atoms with van der Waals surface area (Å²) < 4.78 is 52.1. The van der Waals surface area contributed by atoms with Gasteiger partial charge >= 0.3 is 12.3 Å². The molecule has 1 aliphatic carbocycles. The number of amides is 1. The number of alkyl halides is 3. The lowest BCUT2D eigenvalue weighted by molar-refractivity contribution is -0.137. The van der Waals surface area contributed by atoms with Gasteiger partial charge in [0.05, 0.1) is 42.5 Å². The standard InChI is InChI=1S/C30H23F3N2O3/c31-30(32,33)28-13-18(9-10-19(28)14-34)20-11-21-15-37-16-22(12-20)35(21)29(36)38-17-27-25-7-3-1-5-23(25)24-6-2-4-8-26(24)27/h1-11,13,21-22,27H,12,15-17H2. The van der Waals surface area contributed by atoms with Gasteiger partial charge in [0, 0.05) is 5.92 Å². The minimum Gasteiger partial charge on any atom is -0.448 e. The normalized spacial score (nSPS) is 20.3. The lowest BCUT2D eigenvalue weighted by Gasteiger charge is -2.44. The van der Waals surface area contributed by atoms with Crippen LogP contribution >= 0.6 is 0 Å². The Kier molecular flexibility index (Phi) is 5.96. The Morgan fingerprint density at radius 2 is 1.71 bits per heavy atom. The van der Waals surface area contributed by atoms with Gasteiger partial charge in [-0.2, -0.15) is 18.4 Å². The first-order valence-electron chi connectivity index (χ1n) is 12.4. The van der Waals surface area contributed by atoms with Gasteiger partial charge in [-0.05, 0) is 51.9 Å². The second kappa shape index (κ2) is 9.34. The van der Waals surface area contributed by atoms with E-state index in [1.54, 1.807) is 17.0 Å². The lowest BCUT2D eigenvalue weighted by atomic mass is 9.88. The molecule has 192 valence electrons. The molecule has 38 heavy (non-hydrogen) atoms. The molecule has 1 fully saturated rings. The average molecular weight is 517 g/mol. The number of hydrogen-bond acceptors (Lipinski definition) is 4. The van der Waals surface area contributed by atoms with Gasteiger partial charge in [-0.25, -0.2) is 4.79 Å². The Hall–Kier alpha value is -4.09. The van der Waals surface area contributed by atoms with Crippen LogP contribution in [0.5, 0.6) is 0 Å². The quantitative estimate of drug-likeness (QED) is 0.405. The van der Waals surface area contributed by atoms with Crippen molar-refractivity contribution in [3.05, 3.63) is 101 Å². The second-order valence-corrected chi connectivity index (χ2v) is 9.74. The molecule has 0 spiro atoms. The van der Waals surface area contributed by atoms with E-state index in [0.717, 1.165) is 28.3 Å². The molecule has 3 aromatic carbocycles. The molecule has 5 nitrogen and oxygen atoms in total. The van der Waals surface area contributed by atoms with E-state index >= 15 is 0 Å². The largest absolute Gasteiger partial charge is 0.448 e. The predicted octanol–water partition coefficient (Wildman–Crippen LogP) is 6.38. The maximum Gasteiger partial charge on any atom is 0.417 e. The van der Waals surface area contributed by atoms with Crippen LogP contribution in [-0.4, -0.2) is 42.9 Å². The summed E-state index contributed by atoms with van der Waals surface area (Å²) in [5.41, 5.74) is 4.22. The highest BCUT2D eigenvalue weighted by molar-refractivity contribution is 5.79. The van der Waals surface area contributed by atoms with E-state index in [4.69, 9.17) is 14.7 Å². The fourth-order valence-corrected chi connectivity index (χ4v) is 5.84. The molecule has 0 saturated carbocycles. The highest BCUT2D eigenvalue weighted by Gasteiger charge is 2.41. The van der Waals surface area contributed by atoms with E-state index in [-0.39, 0.29) is 31.8 Å². The molecule has 1 saturated heterocycles. The van der Waals surface area contributed by atoms with Crippen LogP contribution < -0.4 is 0 Å². The molecule has 2 heterocycles. The Labute approximate surface area is 217 Å².